The highest BCUT2D eigenvalue weighted by molar-refractivity contribution is 7.99. The van der Waals surface area contributed by atoms with Gasteiger partial charge in [0.2, 0.25) is 5.89 Å². The van der Waals surface area contributed by atoms with E-state index >= 15 is 0 Å². The molecule has 0 spiro atoms. The predicted octanol–water partition coefficient (Wildman–Crippen LogP) is 4.45. The van der Waals surface area contributed by atoms with Gasteiger partial charge in [-0.3, -0.25) is 4.79 Å². The van der Waals surface area contributed by atoms with Gasteiger partial charge in [-0.15, -0.1) is 21.5 Å². The number of thioether (sulfide) groups is 1. The minimum absolute atomic E-state index is 0.0988. The zero-order valence-electron chi connectivity index (χ0n) is 14.2. The maximum atomic E-state index is 12.6. The SMILES string of the molecule is Cc1cc(C(=O)CSc2nnc(C3CC3)o2)c(C)n1Cc1cccs1. The van der Waals surface area contributed by atoms with Crippen molar-refractivity contribution in [3.05, 3.63) is 51.3 Å². The second-order valence-electron chi connectivity index (χ2n) is 6.34. The van der Waals surface area contributed by atoms with Crippen molar-refractivity contribution in [2.24, 2.45) is 0 Å². The summed E-state index contributed by atoms with van der Waals surface area (Å²) in [6.07, 6.45) is 2.25. The summed E-state index contributed by atoms with van der Waals surface area (Å²) in [4.78, 5) is 13.9. The van der Waals surface area contributed by atoms with Crippen LogP contribution < -0.4 is 0 Å². The summed E-state index contributed by atoms with van der Waals surface area (Å²) in [5.41, 5.74) is 2.90. The minimum Gasteiger partial charge on any atom is -0.416 e. The van der Waals surface area contributed by atoms with Gasteiger partial charge >= 0.3 is 0 Å². The zero-order chi connectivity index (χ0) is 17.4. The maximum Gasteiger partial charge on any atom is 0.277 e. The summed E-state index contributed by atoms with van der Waals surface area (Å²) < 4.78 is 7.80. The molecule has 0 aromatic carbocycles. The van der Waals surface area contributed by atoms with Crippen LogP contribution >= 0.6 is 23.1 Å². The maximum absolute atomic E-state index is 12.6. The summed E-state index contributed by atoms with van der Waals surface area (Å²) >= 11 is 3.05. The van der Waals surface area contributed by atoms with Gasteiger partial charge in [-0.25, -0.2) is 0 Å². The fourth-order valence-electron chi connectivity index (χ4n) is 2.86. The molecule has 1 fully saturated rings. The number of thiophene rings is 1. The Bertz CT molecular complexity index is 892. The van der Waals surface area contributed by atoms with Gasteiger partial charge in [0.1, 0.15) is 0 Å². The van der Waals surface area contributed by atoms with Crippen molar-refractivity contribution in [3.63, 3.8) is 0 Å². The molecular formula is C18H19N3O2S2. The third-order valence-corrected chi connectivity index (χ3v) is 6.12. The molecule has 130 valence electrons. The van der Waals surface area contributed by atoms with Crippen LogP contribution in [-0.4, -0.2) is 26.3 Å². The van der Waals surface area contributed by atoms with Crippen LogP contribution in [0, 0.1) is 13.8 Å². The van der Waals surface area contributed by atoms with Crippen LogP contribution in [0.25, 0.3) is 0 Å². The molecule has 4 rings (SSSR count). The van der Waals surface area contributed by atoms with Crippen molar-refractivity contribution in [2.75, 3.05) is 5.75 Å². The summed E-state index contributed by atoms with van der Waals surface area (Å²) in [5.74, 6) is 1.56. The average molecular weight is 374 g/mol. The molecule has 7 heteroatoms. The Morgan fingerprint density at radius 2 is 2.24 bits per heavy atom. The van der Waals surface area contributed by atoms with E-state index in [1.807, 2.05) is 19.9 Å². The molecule has 1 aliphatic carbocycles. The molecule has 0 saturated heterocycles. The second-order valence-corrected chi connectivity index (χ2v) is 8.30. The fourth-order valence-corrected chi connectivity index (χ4v) is 4.21. The first-order chi connectivity index (χ1) is 12.1. The Morgan fingerprint density at radius 1 is 1.40 bits per heavy atom. The molecule has 3 heterocycles. The first kappa shape index (κ1) is 16.6. The van der Waals surface area contributed by atoms with Crippen LogP contribution in [0.2, 0.25) is 0 Å². The highest BCUT2D eigenvalue weighted by Gasteiger charge is 2.29. The van der Waals surface area contributed by atoms with Gasteiger partial charge in [-0.1, -0.05) is 17.8 Å². The Kier molecular flexibility index (Phi) is 4.52. The molecule has 0 atom stereocenters. The second kappa shape index (κ2) is 6.80. The van der Waals surface area contributed by atoms with E-state index in [0.717, 1.165) is 36.3 Å². The molecular weight excluding hydrogens is 354 g/mol. The molecule has 0 bridgehead atoms. The van der Waals surface area contributed by atoms with Gasteiger partial charge in [0.25, 0.3) is 5.22 Å². The van der Waals surface area contributed by atoms with Gasteiger partial charge < -0.3 is 8.98 Å². The van der Waals surface area contributed by atoms with E-state index in [-0.39, 0.29) is 5.78 Å². The lowest BCUT2D eigenvalue weighted by atomic mass is 10.2. The van der Waals surface area contributed by atoms with Crippen LogP contribution in [0.5, 0.6) is 0 Å². The molecule has 0 amide bonds. The quantitative estimate of drug-likeness (QED) is 0.452. The van der Waals surface area contributed by atoms with Gasteiger partial charge in [0.05, 0.1) is 12.3 Å². The van der Waals surface area contributed by atoms with Crippen LogP contribution in [-0.2, 0) is 6.54 Å². The number of hydrogen-bond acceptors (Lipinski definition) is 6. The van der Waals surface area contributed by atoms with Crippen LogP contribution in [0.4, 0.5) is 0 Å². The standard InChI is InChI=1S/C18H19N3O2S2/c1-11-8-15(12(2)21(11)9-14-4-3-7-24-14)16(22)10-25-18-20-19-17(23-18)13-5-6-13/h3-4,7-8,13H,5-6,9-10H2,1-2H3. The molecule has 25 heavy (non-hydrogen) atoms. The molecule has 1 aliphatic rings. The lowest BCUT2D eigenvalue weighted by Crippen LogP contribution is -2.07. The number of carbonyl (C=O) groups is 1. The molecule has 3 aromatic rings. The molecule has 0 radical (unpaired) electrons. The molecule has 0 aliphatic heterocycles. The Balaban J connectivity index is 1.44. The third-order valence-electron chi connectivity index (χ3n) is 4.44. The monoisotopic (exact) mass is 373 g/mol. The van der Waals surface area contributed by atoms with Crippen molar-refractivity contribution >= 4 is 28.9 Å². The highest BCUT2D eigenvalue weighted by atomic mass is 32.2. The smallest absolute Gasteiger partial charge is 0.277 e. The number of rotatable bonds is 7. The summed E-state index contributed by atoms with van der Waals surface area (Å²) in [7, 11) is 0. The van der Waals surface area contributed by atoms with E-state index in [1.165, 1.54) is 16.6 Å². The third kappa shape index (κ3) is 3.57. The number of aromatic nitrogens is 3. The summed E-state index contributed by atoms with van der Waals surface area (Å²) in [6, 6.07) is 6.15. The van der Waals surface area contributed by atoms with E-state index in [0.29, 0.717) is 22.8 Å². The molecule has 0 unspecified atom stereocenters. The molecule has 3 aromatic heterocycles. The van der Waals surface area contributed by atoms with Crippen molar-refractivity contribution in [1.29, 1.82) is 0 Å². The predicted molar refractivity (Wildman–Crippen MR) is 98.7 cm³/mol. The van der Waals surface area contributed by atoms with Gasteiger partial charge in [0, 0.05) is 27.7 Å². The van der Waals surface area contributed by atoms with Gasteiger partial charge in [-0.2, -0.15) is 0 Å². The van der Waals surface area contributed by atoms with Crippen molar-refractivity contribution < 1.29 is 9.21 Å². The molecule has 1 saturated carbocycles. The summed E-state index contributed by atoms with van der Waals surface area (Å²) in [5, 5.41) is 10.6. The van der Waals surface area contributed by atoms with Crippen molar-refractivity contribution in [3.8, 4) is 0 Å². The van der Waals surface area contributed by atoms with Crippen molar-refractivity contribution in [1.82, 2.24) is 14.8 Å². The largest absolute Gasteiger partial charge is 0.416 e. The summed E-state index contributed by atoms with van der Waals surface area (Å²) in [6.45, 7) is 4.87. The number of Topliss-reactive ketones (excluding diaryl/α,β-unsaturated/α-hetero) is 1. The van der Waals surface area contributed by atoms with Crippen molar-refractivity contribution in [2.45, 2.75) is 44.4 Å². The average Bonchev–Trinajstić information content (AvgIpc) is 3.03. The van der Waals surface area contributed by atoms with Gasteiger partial charge in [-0.05, 0) is 44.2 Å². The number of carbonyl (C=O) groups excluding carboxylic acids is 1. The van der Waals surface area contributed by atoms with E-state index in [4.69, 9.17) is 4.42 Å². The number of nitrogens with zero attached hydrogens (tertiary/aromatic N) is 3. The first-order valence-electron chi connectivity index (χ1n) is 8.30. The van der Waals surface area contributed by atoms with Crippen LogP contribution in [0.3, 0.4) is 0 Å². The van der Waals surface area contributed by atoms with Gasteiger partial charge in [0.15, 0.2) is 5.78 Å². The van der Waals surface area contributed by atoms with E-state index < -0.39 is 0 Å². The van der Waals surface area contributed by atoms with E-state index in [1.54, 1.807) is 11.3 Å². The Labute approximate surface area is 154 Å². The number of ketones is 1. The normalized spacial score (nSPS) is 14.2. The number of aryl methyl sites for hydroxylation is 1. The van der Waals surface area contributed by atoms with E-state index in [9.17, 15) is 4.79 Å². The highest BCUT2D eigenvalue weighted by Crippen LogP contribution is 2.39. The lowest BCUT2D eigenvalue weighted by molar-refractivity contribution is 0.102. The first-order valence-corrected chi connectivity index (χ1v) is 10.2. The zero-order valence-corrected chi connectivity index (χ0v) is 15.8. The molecule has 0 N–H and O–H groups in total. The fraction of sp³-hybridized carbons (Fsp3) is 0.389. The van der Waals surface area contributed by atoms with E-state index in [2.05, 4.69) is 32.3 Å². The lowest BCUT2D eigenvalue weighted by Gasteiger charge is -2.08. The Morgan fingerprint density at radius 3 is 2.96 bits per heavy atom. The number of hydrogen-bond donors (Lipinski definition) is 0. The van der Waals surface area contributed by atoms with Crippen LogP contribution in [0.1, 0.15) is 51.3 Å². The Hall–Kier alpha value is -1.86. The van der Waals surface area contributed by atoms with Crippen LogP contribution in [0.15, 0.2) is 33.2 Å². The minimum atomic E-state index is 0.0988. The molecule has 5 nitrogen and oxygen atoms in total. The topological polar surface area (TPSA) is 60.9 Å².